The van der Waals surface area contributed by atoms with Crippen LogP contribution in [0.1, 0.15) is 40.0 Å². The summed E-state index contributed by atoms with van der Waals surface area (Å²) in [6.45, 7) is 8.45. The molecule has 0 heterocycles. The van der Waals surface area contributed by atoms with E-state index in [1.165, 1.54) is 12.8 Å². The second-order valence-electron chi connectivity index (χ2n) is 4.00. The Kier molecular flexibility index (Phi) is 8.46. The molecule has 2 nitrogen and oxygen atoms in total. The summed E-state index contributed by atoms with van der Waals surface area (Å²) in [6, 6.07) is 0.527. The molecule has 0 radical (unpaired) electrons. The van der Waals surface area contributed by atoms with Crippen LogP contribution in [0, 0.1) is 5.92 Å². The predicted octanol–water partition coefficient (Wildman–Crippen LogP) is 2.44. The smallest absolute Gasteiger partial charge is 0.0619 e. The lowest BCUT2D eigenvalue weighted by molar-refractivity contribution is 0.107. The Morgan fingerprint density at radius 1 is 1.31 bits per heavy atom. The van der Waals surface area contributed by atoms with Crippen molar-refractivity contribution in [1.82, 2.24) is 5.32 Å². The first-order chi connectivity index (χ1) is 6.20. The van der Waals surface area contributed by atoms with Crippen molar-refractivity contribution in [2.45, 2.75) is 46.1 Å². The third-order valence-electron chi connectivity index (χ3n) is 2.29. The highest BCUT2D eigenvalue weighted by Crippen LogP contribution is 2.03. The zero-order valence-corrected chi connectivity index (χ0v) is 9.60. The fraction of sp³-hybridized carbons (Fsp3) is 1.00. The fourth-order valence-corrected chi connectivity index (χ4v) is 1.22. The van der Waals surface area contributed by atoms with Crippen molar-refractivity contribution in [3.8, 4) is 0 Å². The molecule has 1 atom stereocenters. The predicted molar refractivity (Wildman–Crippen MR) is 58.0 cm³/mol. The second kappa shape index (κ2) is 8.52. The van der Waals surface area contributed by atoms with Crippen LogP contribution in [0.5, 0.6) is 0 Å². The quantitative estimate of drug-likeness (QED) is 0.589. The van der Waals surface area contributed by atoms with E-state index in [4.69, 9.17) is 4.74 Å². The average Bonchev–Trinajstić information content (AvgIpc) is 2.11. The maximum Gasteiger partial charge on any atom is 0.0619 e. The molecule has 1 unspecified atom stereocenters. The van der Waals surface area contributed by atoms with Crippen molar-refractivity contribution in [3.05, 3.63) is 0 Å². The summed E-state index contributed by atoms with van der Waals surface area (Å²) < 4.78 is 5.57. The van der Waals surface area contributed by atoms with Gasteiger partial charge in [-0.15, -0.1) is 0 Å². The minimum atomic E-state index is 0.527. The van der Waals surface area contributed by atoms with Gasteiger partial charge in [0.05, 0.1) is 6.61 Å². The summed E-state index contributed by atoms with van der Waals surface area (Å²) in [5.41, 5.74) is 0. The van der Waals surface area contributed by atoms with Gasteiger partial charge in [0.25, 0.3) is 0 Å². The minimum absolute atomic E-state index is 0.527. The van der Waals surface area contributed by atoms with E-state index in [0.29, 0.717) is 6.04 Å². The van der Waals surface area contributed by atoms with Gasteiger partial charge in [0.1, 0.15) is 0 Å². The zero-order valence-electron chi connectivity index (χ0n) is 9.60. The van der Waals surface area contributed by atoms with Crippen molar-refractivity contribution in [2.24, 2.45) is 5.92 Å². The molecule has 0 amide bonds. The minimum Gasteiger partial charge on any atom is -0.380 e. The molecule has 0 rings (SSSR count). The van der Waals surface area contributed by atoms with E-state index in [9.17, 15) is 0 Å². The first kappa shape index (κ1) is 12.9. The van der Waals surface area contributed by atoms with Gasteiger partial charge in [0.2, 0.25) is 0 Å². The molecule has 2 heteroatoms. The molecule has 0 saturated carbocycles. The maximum absolute atomic E-state index is 5.57. The van der Waals surface area contributed by atoms with Gasteiger partial charge in [-0.1, -0.05) is 20.8 Å². The molecule has 0 aliphatic rings. The van der Waals surface area contributed by atoms with Crippen molar-refractivity contribution < 1.29 is 4.74 Å². The van der Waals surface area contributed by atoms with Crippen LogP contribution >= 0.6 is 0 Å². The molecule has 0 saturated heterocycles. The van der Waals surface area contributed by atoms with Gasteiger partial charge in [0.15, 0.2) is 0 Å². The molecule has 80 valence electrons. The van der Waals surface area contributed by atoms with Gasteiger partial charge in [-0.3, -0.25) is 0 Å². The molecule has 0 aliphatic heterocycles. The summed E-state index contributed by atoms with van der Waals surface area (Å²) in [5.74, 6) is 0.801. The molecular formula is C11H25NO. The summed E-state index contributed by atoms with van der Waals surface area (Å²) in [5, 5.41) is 3.23. The highest BCUT2D eigenvalue weighted by atomic mass is 16.5. The number of rotatable bonds is 8. The Hall–Kier alpha value is -0.0800. The fourth-order valence-electron chi connectivity index (χ4n) is 1.22. The molecule has 0 spiro atoms. The molecule has 0 aromatic carbocycles. The Labute approximate surface area is 83.1 Å². The standard InChI is InChI=1S/C11H25NO/c1-5-11(12-4)9-13-8-6-7-10(2)3/h10-12H,5-9H2,1-4H3. The molecule has 13 heavy (non-hydrogen) atoms. The number of hydrogen-bond donors (Lipinski definition) is 1. The maximum atomic E-state index is 5.57. The Balaban J connectivity index is 3.14. The van der Waals surface area contributed by atoms with Crippen molar-refractivity contribution in [1.29, 1.82) is 0 Å². The lowest BCUT2D eigenvalue weighted by Crippen LogP contribution is -2.29. The number of ether oxygens (including phenoxy) is 1. The van der Waals surface area contributed by atoms with Gasteiger partial charge in [0, 0.05) is 12.6 Å². The van der Waals surface area contributed by atoms with Crippen LogP contribution < -0.4 is 5.32 Å². The van der Waals surface area contributed by atoms with Crippen molar-refractivity contribution in [2.75, 3.05) is 20.3 Å². The lowest BCUT2D eigenvalue weighted by Gasteiger charge is -2.14. The van der Waals surface area contributed by atoms with E-state index in [0.717, 1.165) is 25.6 Å². The summed E-state index contributed by atoms with van der Waals surface area (Å²) in [7, 11) is 1.99. The topological polar surface area (TPSA) is 21.3 Å². The van der Waals surface area contributed by atoms with Crippen LogP contribution in [0.25, 0.3) is 0 Å². The number of likely N-dealkylation sites (N-methyl/N-ethyl adjacent to an activating group) is 1. The Morgan fingerprint density at radius 2 is 2.00 bits per heavy atom. The van der Waals surface area contributed by atoms with Gasteiger partial charge in [-0.25, -0.2) is 0 Å². The van der Waals surface area contributed by atoms with E-state index in [2.05, 4.69) is 26.1 Å². The van der Waals surface area contributed by atoms with E-state index < -0.39 is 0 Å². The van der Waals surface area contributed by atoms with E-state index in [-0.39, 0.29) is 0 Å². The Bertz CT molecular complexity index is 100. The van der Waals surface area contributed by atoms with Crippen LogP contribution in [0.15, 0.2) is 0 Å². The monoisotopic (exact) mass is 187 g/mol. The highest BCUT2D eigenvalue weighted by molar-refractivity contribution is 4.59. The van der Waals surface area contributed by atoms with Crippen LogP contribution in [-0.2, 0) is 4.74 Å². The first-order valence-electron chi connectivity index (χ1n) is 5.45. The largest absolute Gasteiger partial charge is 0.380 e. The molecule has 0 aromatic rings. The first-order valence-corrected chi connectivity index (χ1v) is 5.45. The third kappa shape index (κ3) is 8.26. The molecule has 0 aromatic heterocycles. The summed E-state index contributed by atoms with van der Waals surface area (Å²) in [6.07, 6.45) is 3.61. The number of nitrogens with one attached hydrogen (secondary N) is 1. The third-order valence-corrected chi connectivity index (χ3v) is 2.29. The van der Waals surface area contributed by atoms with Crippen molar-refractivity contribution in [3.63, 3.8) is 0 Å². The second-order valence-corrected chi connectivity index (χ2v) is 4.00. The van der Waals surface area contributed by atoms with Gasteiger partial charge in [-0.05, 0) is 32.2 Å². The average molecular weight is 187 g/mol. The number of hydrogen-bond acceptors (Lipinski definition) is 2. The normalized spacial score (nSPS) is 13.6. The van der Waals surface area contributed by atoms with E-state index in [1.54, 1.807) is 0 Å². The molecule has 0 fully saturated rings. The molecule has 0 aliphatic carbocycles. The van der Waals surface area contributed by atoms with Crippen LogP contribution in [0.4, 0.5) is 0 Å². The van der Waals surface area contributed by atoms with Gasteiger partial charge in [-0.2, -0.15) is 0 Å². The van der Waals surface area contributed by atoms with E-state index in [1.807, 2.05) is 7.05 Å². The highest BCUT2D eigenvalue weighted by Gasteiger charge is 2.01. The Morgan fingerprint density at radius 3 is 2.46 bits per heavy atom. The van der Waals surface area contributed by atoms with Gasteiger partial charge < -0.3 is 10.1 Å². The van der Waals surface area contributed by atoms with Gasteiger partial charge >= 0.3 is 0 Å². The zero-order chi connectivity index (χ0) is 10.1. The van der Waals surface area contributed by atoms with Crippen molar-refractivity contribution >= 4 is 0 Å². The lowest BCUT2D eigenvalue weighted by atomic mass is 10.1. The van der Waals surface area contributed by atoms with Crippen LogP contribution in [0.2, 0.25) is 0 Å². The summed E-state index contributed by atoms with van der Waals surface area (Å²) in [4.78, 5) is 0. The molecule has 0 bridgehead atoms. The van der Waals surface area contributed by atoms with Crippen LogP contribution in [0.3, 0.4) is 0 Å². The molecule has 1 N–H and O–H groups in total. The van der Waals surface area contributed by atoms with E-state index >= 15 is 0 Å². The SMILES string of the molecule is CCC(COCCCC(C)C)NC. The summed E-state index contributed by atoms with van der Waals surface area (Å²) >= 11 is 0. The molecular weight excluding hydrogens is 162 g/mol. The van der Waals surface area contributed by atoms with Crippen LogP contribution in [-0.4, -0.2) is 26.3 Å².